The Kier molecular flexibility index (Phi) is 8.93. The van der Waals surface area contributed by atoms with Gasteiger partial charge in [0.15, 0.2) is 0 Å². The molecular formula is C22H34N2O4. The molecule has 0 amide bonds. The van der Waals surface area contributed by atoms with Crippen molar-refractivity contribution in [2.45, 2.75) is 82.7 Å². The standard InChI is InChI=1S/C22H34N2O4/c1-22(23,21(26)27)15-17-11-13-19(14-12-17)28-20(25)16-24-18-9-7-5-3-2-4-6-8-10-18/h11-14,18,24H,2-10,15-16,23H2,1H3,(H,26,27)/t22-/m0/s1. The maximum absolute atomic E-state index is 12.2. The zero-order valence-electron chi connectivity index (χ0n) is 16.9. The molecule has 1 fully saturated rings. The van der Waals surface area contributed by atoms with Crippen LogP contribution in [0.25, 0.3) is 0 Å². The molecule has 0 unspecified atom stereocenters. The fourth-order valence-corrected chi connectivity index (χ4v) is 3.58. The lowest BCUT2D eigenvalue weighted by Gasteiger charge is -2.20. The van der Waals surface area contributed by atoms with Gasteiger partial charge in [0, 0.05) is 12.5 Å². The van der Waals surface area contributed by atoms with Crippen LogP contribution in [0.3, 0.4) is 0 Å². The largest absolute Gasteiger partial charge is 0.480 e. The van der Waals surface area contributed by atoms with Crippen LogP contribution in [0.4, 0.5) is 0 Å². The zero-order chi connectivity index (χ0) is 20.4. The second-order valence-corrected chi connectivity index (χ2v) is 8.15. The van der Waals surface area contributed by atoms with Crippen molar-refractivity contribution >= 4 is 11.9 Å². The molecule has 1 aromatic carbocycles. The van der Waals surface area contributed by atoms with Crippen LogP contribution in [-0.2, 0) is 16.0 Å². The van der Waals surface area contributed by atoms with Gasteiger partial charge in [0.1, 0.15) is 11.3 Å². The van der Waals surface area contributed by atoms with E-state index >= 15 is 0 Å². The fraction of sp³-hybridized carbons (Fsp3) is 0.636. The van der Waals surface area contributed by atoms with Crippen molar-refractivity contribution in [3.05, 3.63) is 29.8 Å². The monoisotopic (exact) mass is 390 g/mol. The highest BCUT2D eigenvalue weighted by molar-refractivity contribution is 5.78. The molecule has 0 radical (unpaired) electrons. The predicted molar refractivity (Wildman–Crippen MR) is 109 cm³/mol. The summed E-state index contributed by atoms with van der Waals surface area (Å²) in [6.45, 7) is 1.68. The van der Waals surface area contributed by atoms with E-state index in [1.165, 1.54) is 51.9 Å². The lowest BCUT2D eigenvalue weighted by Crippen LogP contribution is -2.46. The number of carbonyl (C=O) groups excluding carboxylic acids is 1. The molecule has 6 heteroatoms. The maximum Gasteiger partial charge on any atom is 0.325 e. The van der Waals surface area contributed by atoms with Gasteiger partial charge in [0.2, 0.25) is 0 Å². The molecule has 0 saturated heterocycles. The lowest BCUT2D eigenvalue weighted by atomic mass is 9.94. The molecule has 1 saturated carbocycles. The predicted octanol–water partition coefficient (Wildman–Crippen LogP) is 3.42. The van der Waals surface area contributed by atoms with Gasteiger partial charge >= 0.3 is 11.9 Å². The third-order valence-corrected chi connectivity index (χ3v) is 5.36. The van der Waals surface area contributed by atoms with Crippen LogP contribution >= 0.6 is 0 Å². The van der Waals surface area contributed by atoms with Crippen molar-refractivity contribution in [2.24, 2.45) is 5.73 Å². The summed E-state index contributed by atoms with van der Waals surface area (Å²) in [5.74, 6) is -0.899. The molecule has 0 aromatic heterocycles. The van der Waals surface area contributed by atoms with Gasteiger partial charge in [-0.15, -0.1) is 0 Å². The molecule has 1 aliphatic carbocycles. The fourth-order valence-electron chi connectivity index (χ4n) is 3.58. The van der Waals surface area contributed by atoms with E-state index in [1.807, 2.05) is 0 Å². The number of benzene rings is 1. The topological polar surface area (TPSA) is 102 Å². The summed E-state index contributed by atoms with van der Waals surface area (Å²) in [4.78, 5) is 23.3. The van der Waals surface area contributed by atoms with Crippen LogP contribution in [0.5, 0.6) is 5.75 Å². The molecule has 2 rings (SSSR count). The molecular weight excluding hydrogens is 356 g/mol. The van der Waals surface area contributed by atoms with Crippen LogP contribution in [0, 0.1) is 0 Å². The van der Waals surface area contributed by atoms with E-state index in [0.717, 1.165) is 18.4 Å². The number of ether oxygens (including phenoxy) is 1. The Morgan fingerprint density at radius 2 is 1.61 bits per heavy atom. The van der Waals surface area contributed by atoms with Crippen LogP contribution in [-0.4, -0.2) is 35.2 Å². The van der Waals surface area contributed by atoms with Crippen molar-refractivity contribution in [1.82, 2.24) is 5.32 Å². The third-order valence-electron chi connectivity index (χ3n) is 5.36. The Morgan fingerprint density at radius 3 is 2.14 bits per heavy atom. The van der Waals surface area contributed by atoms with E-state index in [2.05, 4.69) is 5.32 Å². The minimum atomic E-state index is -1.32. The Bertz CT molecular complexity index is 618. The summed E-state index contributed by atoms with van der Waals surface area (Å²) in [5.41, 5.74) is 5.23. The van der Waals surface area contributed by atoms with E-state index in [-0.39, 0.29) is 18.9 Å². The molecule has 0 bridgehead atoms. The molecule has 28 heavy (non-hydrogen) atoms. The molecule has 1 atom stereocenters. The van der Waals surface area contributed by atoms with E-state index in [0.29, 0.717) is 11.8 Å². The summed E-state index contributed by atoms with van der Waals surface area (Å²) < 4.78 is 5.39. The first kappa shape index (κ1) is 22.4. The lowest BCUT2D eigenvalue weighted by molar-refractivity contribution is -0.142. The Labute approximate surface area is 167 Å². The average Bonchev–Trinajstić information content (AvgIpc) is 2.66. The van der Waals surface area contributed by atoms with E-state index < -0.39 is 11.5 Å². The number of carbonyl (C=O) groups is 2. The highest BCUT2D eigenvalue weighted by Gasteiger charge is 2.28. The number of hydrogen-bond acceptors (Lipinski definition) is 5. The summed E-state index contributed by atoms with van der Waals surface area (Å²) in [5, 5.41) is 12.5. The van der Waals surface area contributed by atoms with Gasteiger partial charge in [-0.05, 0) is 37.5 Å². The minimum Gasteiger partial charge on any atom is -0.480 e. The molecule has 6 nitrogen and oxygen atoms in total. The number of carboxylic acids is 1. The second-order valence-electron chi connectivity index (χ2n) is 8.15. The highest BCUT2D eigenvalue weighted by Crippen LogP contribution is 2.18. The first-order valence-corrected chi connectivity index (χ1v) is 10.4. The van der Waals surface area contributed by atoms with Gasteiger partial charge in [-0.2, -0.15) is 0 Å². The maximum atomic E-state index is 12.2. The van der Waals surface area contributed by atoms with Crippen molar-refractivity contribution in [3.8, 4) is 5.75 Å². The number of rotatable bonds is 7. The smallest absolute Gasteiger partial charge is 0.325 e. The summed E-state index contributed by atoms with van der Waals surface area (Å²) in [7, 11) is 0. The van der Waals surface area contributed by atoms with Crippen LogP contribution in [0.1, 0.15) is 70.3 Å². The summed E-state index contributed by atoms with van der Waals surface area (Å²) >= 11 is 0. The summed E-state index contributed by atoms with van der Waals surface area (Å²) in [6, 6.07) is 7.21. The number of esters is 1. The van der Waals surface area contributed by atoms with E-state index in [4.69, 9.17) is 15.6 Å². The van der Waals surface area contributed by atoms with Crippen molar-refractivity contribution in [1.29, 1.82) is 0 Å². The first-order valence-electron chi connectivity index (χ1n) is 10.4. The van der Waals surface area contributed by atoms with Gasteiger partial charge in [-0.3, -0.25) is 9.59 Å². The SMILES string of the molecule is C[C@](N)(Cc1ccc(OC(=O)CNC2CCCCCCCCC2)cc1)C(=O)O. The minimum absolute atomic E-state index is 0.201. The zero-order valence-corrected chi connectivity index (χ0v) is 16.9. The number of nitrogens with two attached hydrogens (primary N) is 1. The van der Waals surface area contributed by atoms with Crippen LogP contribution < -0.4 is 15.8 Å². The molecule has 156 valence electrons. The van der Waals surface area contributed by atoms with Gasteiger partial charge in [-0.25, -0.2) is 0 Å². The second kappa shape index (κ2) is 11.2. The van der Waals surface area contributed by atoms with Gasteiger partial charge in [-0.1, -0.05) is 57.1 Å². The number of aliphatic carboxylic acids is 1. The first-order chi connectivity index (χ1) is 13.4. The van der Waals surface area contributed by atoms with Gasteiger partial charge < -0.3 is 20.9 Å². The summed E-state index contributed by atoms with van der Waals surface area (Å²) in [6.07, 6.45) is 11.4. The van der Waals surface area contributed by atoms with Crippen molar-refractivity contribution in [3.63, 3.8) is 0 Å². The molecule has 0 aliphatic heterocycles. The van der Waals surface area contributed by atoms with Crippen LogP contribution in [0.2, 0.25) is 0 Å². The Morgan fingerprint density at radius 1 is 1.07 bits per heavy atom. The van der Waals surface area contributed by atoms with Gasteiger partial charge in [0.05, 0.1) is 6.54 Å². The van der Waals surface area contributed by atoms with Crippen molar-refractivity contribution < 1.29 is 19.4 Å². The number of carboxylic acid groups (broad SMARTS) is 1. The normalized spacial score (nSPS) is 18.8. The quantitative estimate of drug-likeness (QED) is 0.487. The number of hydrogen-bond donors (Lipinski definition) is 3. The third kappa shape index (κ3) is 7.98. The van der Waals surface area contributed by atoms with E-state index in [1.54, 1.807) is 24.3 Å². The van der Waals surface area contributed by atoms with Crippen molar-refractivity contribution in [2.75, 3.05) is 6.54 Å². The Hall–Kier alpha value is -1.92. The number of nitrogens with one attached hydrogen (secondary N) is 1. The van der Waals surface area contributed by atoms with E-state index in [9.17, 15) is 9.59 Å². The molecule has 4 N–H and O–H groups in total. The molecule has 0 heterocycles. The van der Waals surface area contributed by atoms with Crippen LogP contribution in [0.15, 0.2) is 24.3 Å². The Balaban J connectivity index is 1.78. The molecule has 1 aliphatic rings. The van der Waals surface area contributed by atoms with Gasteiger partial charge in [0.25, 0.3) is 0 Å². The highest BCUT2D eigenvalue weighted by atomic mass is 16.5. The molecule has 1 aromatic rings. The molecule has 0 spiro atoms. The average molecular weight is 391 g/mol.